The van der Waals surface area contributed by atoms with Crippen LogP contribution in [0.2, 0.25) is 0 Å². The summed E-state index contributed by atoms with van der Waals surface area (Å²) >= 11 is 0. The minimum atomic E-state index is -0.733. The van der Waals surface area contributed by atoms with Crippen LogP contribution in [0.15, 0.2) is 24.3 Å². The molecule has 0 spiro atoms. The highest BCUT2D eigenvalue weighted by Crippen LogP contribution is 2.19. The van der Waals surface area contributed by atoms with Crippen molar-refractivity contribution in [1.29, 1.82) is 0 Å². The number of phenolic OH excluding ortho intramolecular Hbond substituents is 1. The maximum atomic E-state index is 13.2. The van der Waals surface area contributed by atoms with Gasteiger partial charge in [-0.15, -0.1) is 0 Å². The predicted octanol–water partition coefficient (Wildman–Crippen LogP) is 1.49. The molecule has 0 radical (unpaired) electrons. The quantitative estimate of drug-likeness (QED) is 0.749. The van der Waals surface area contributed by atoms with Crippen molar-refractivity contribution in [2.24, 2.45) is 5.92 Å². The lowest BCUT2D eigenvalue weighted by molar-refractivity contribution is 0.282. The van der Waals surface area contributed by atoms with E-state index in [0.29, 0.717) is 6.54 Å². The van der Waals surface area contributed by atoms with Crippen LogP contribution in [0, 0.1) is 5.92 Å². The number of phenols is 1. The highest BCUT2D eigenvalue weighted by atomic mass is 19.1. The summed E-state index contributed by atoms with van der Waals surface area (Å²) < 4.78 is 13.2. The molecule has 3 heteroatoms. The van der Waals surface area contributed by atoms with E-state index >= 15 is 0 Å². The van der Waals surface area contributed by atoms with Crippen LogP contribution in [-0.2, 0) is 6.42 Å². The Bertz CT molecular complexity index is 299. The third kappa shape index (κ3) is 2.04. The van der Waals surface area contributed by atoms with E-state index in [1.807, 2.05) is 12.1 Å². The van der Waals surface area contributed by atoms with Crippen molar-refractivity contribution in [3.05, 3.63) is 29.8 Å². The Kier molecular flexibility index (Phi) is 2.68. The van der Waals surface area contributed by atoms with Gasteiger partial charge in [-0.25, -0.2) is 4.39 Å². The first kappa shape index (κ1) is 9.46. The third-order valence-electron chi connectivity index (χ3n) is 2.69. The van der Waals surface area contributed by atoms with E-state index in [-0.39, 0.29) is 11.7 Å². The molecule has 1 saturated heterocycles. The smallest absolute Gasteiger partial charge is 0.117 e. The summed E-state index contributed by atoms with van der Waals surface area (Å²) in [4.78, 5) is 0. The van der Waals surface area contributed by atoms with Gasteiger partial charge in [-0.2, -0.15) is 0 Å². The Morgan fingerprint density at radius 2 is 2.00 bits per heavy atom. The Labute approximate surface area is 82.8 Å². The van der Waals surface area contributed by atoms with Gasteiger partial charge in [0.25, 0.3) is 0 Å². The molecule has 2 N–H and O–H groups in total. The Balaban J connectivity index is 2.00. The van der Waals surface area contributed by atoms with Crippen LogP contribution in [0.4, 0.5) is 4.39 Å². The van der Waals surface area contributed by atoms with Gasteiger partial charge in [-0.05, 0) is 24.1 Å². The molecular weight excluding hydrogens is 181 g/mol. The van der Waals surface area contributed by atoms with E-state index < -0.39 is 6.17 Å². The lowest BCUT2D eigenvalue weighted by Gasteiger charge is -2.11. The van der Waals surface area contributed by atoms with E-state index in [1.165, 1.54) is 0 Å². The summed E-state index contributed by atoms with van der Waals surface area (Å²) in [6, 6.07) is 6.98. The van der Waals surface area contributed by atoms with E-state index in [4.69, 9.17) is 5.11 Å². The van der Waals surface area contributed by atoms with Crippen molar-refractivity contribution in [1.82, 2.24) is 5.32 Å². The second-order valence-electron chi connectivity index (χ2n) is 3.80. The molecule has 1 aliphatic heterocycles. The minimum absolute atomic E-state index is 0.0829. The molecule has 2 rings (SSSR count). The SMILES string of the molecule is Oc1ccc(CC2CNCC2F)cc1. The number of nitrogens with one attached hydrogen (secondary N) is 1. The molecule has 0 amide bonds. The molecule has 0 aromatic heterocycles. The number of aromatic hydroxyl groups is 1. The van der Waals surface area contributed by atoms with E-state index in [0.717, 1.165) is 18.5 Å². The maximum Gasteiger partial charge on any atom is 0.117 e. The van der Waals surface area contributed by atoms with Crippen LogP contribution in [0.5, 0.6) is 5.75 Å². The molecule has 76 valence electrons. The summed E-state index contributed by atoms with van der Waals surface area (Å²) in [5.74, 6) is 0.342. The number of benzene rings is 1. The molecule has 1 aliphatic rings. The Morgan fingerprint density at radius 3 is 2.57 bits per heavy atom. The van der Waals surface area contributed by atoms with Gasteiger partial charge in [0.15, 0.2) is 0 Å². The van der Waals surface area contributed by atoms with E-state index in [9.17, 15) is 4.39 Å². The molecule has 1 aromatic carbocycles. The fraction of sp³-hybridized carbons (Fsp3) is 0.455. The summed E-state index contributed by atoms with van der Waals surface area (Å²) in [7, 11) is 0. The standard InChI is InChI=1S/C11H14FNO/c12-11-7-13-6-9(11)5-8-1-3-10(14)4-2-8/h1-4,9,11,13-14H,5-7H2. The molecule has 1 heterocycles. The Morgan fingerprint density at radius 1 is 1.29 bits per heavy atom. The highest BCUT2D eigenvalue weighted by molar-refractivity contribution is 5.26. The van der Waals surface area contributed by atoms with Crippen molar-refractivity contribution in [2.45, 2.75) is 12.6 Å². The molecular formula is C11H14FNO. The lowest BCUT2D eigenvalue weighted by atomic mass is 9.97. The van der Waals surface area contributed by atoms with Crippen molar-refractivity contribution >= 4 is 0 Å². The number of alkyl halides is 1. The van der Waals surface area contributed by atoms with Crippen LogP contribution in [0.3, 0.4) is 0 Å². The lowest BCUT2D eigenvalue weighted by Crippen LogP contribution is -2.15. The largest absolute Gasteiger partial charge is 0.508 e. The average molecular weight is 195 g/mol. The first-order valence-corrected chi connectivity index (χ1v) is 4.88. The fourth-order valence-electron chi connectivity index (χ4n) is 1.84. The first-order valence-electron chi connectivity index (χ1n) is 4.88. The topological polar surface area (TPSA) is 32.3 Å². The monoisotopic (exact) mass is 195 g/mol. The van der Waals surface area contributed by atoms with E-state index in [1.54, 1.807) is 12.1 Å². The zero-order chi connectivity index (χ0) is 9.97. The zero-order valence-corrected chi connectivity index (χ0v) is 7.91. The molecule has 2 unspecified atom stereocenters. The second kappa shape index (κ2) is 3.96. The molecule has 2 nitrogen and oxygen atoms in total. The first-order chi connectivity index (χ1) is 6.75. The van der Waals surface area contributed by atoms with Crippen molar-refractivity contribution < 1.29 is 9.50 Å². The van der Waals surface area contributed by atoms with Gasteiger partial charge in [-0.1, -0.05) is 12.1 Å². The van der Waals surface area contributed by atoms with Gasteiger partial charge < -0.3 is 10.4 Å². The minimum Gasteiger partial charge on any atom is -0.508 e. The van der Waals surface area contributed by atoms with E-state index in [2.05, 4.69) is 5.32 Å². The third-order valence-corrected chi connectivity index (χ3v) is 2.69. The van der Waals surface area contributed by atoms with Gasteiger partial charge in [-0.3, -0.25) is 0 Å². The second-order valence-corrected chi connectivity index (χ2v) is 3.80. The summed E-state index contributed by atoms with van der Waals surface area (Å²) in [6.45, 7) is 1.23. The molecule has 2 atom stereocenters. The zero-order valence-electron chi connectivity index (χ0n) is 7.91. The number of rotatable bonds is 2. The van der Waals surface area contributed by atoms with Crippen LogP contribution in [-0.4, -0.2) is 24.4 Å². The van der Waals surface area contributed by atoms with Gasteiger partial charge in [0.2, 0.25) is 0 Å². The van der Waals surface area contributed by atoms with Crippen LogP contribution in [0.25, 0.3) is 0 Å². The molecule has 0 aliphatic carbocycles. The predicted molar refractivity (Wildman–Crippen MR) is 53.1 cm³/mol. The van der Waals surface area contributed by atoms with Gasteiger partial charge in [0.05, 0.1) is 0 Å². The van der Waals surface area contributed by atoms with Crippen LogP contribution in [0.1, 0.15) is 5.56 Å². The van der Waals surface area contributed by atoms with Crippen molar-refractivity contribution in [2.75, 3.05) is 13.1 Å². The summed E-state index contributed by atoms with van der Waals surface area (Å²) in [6.07, 6.45) is 0.0119. The summed E-state index contributed by atoms with van der Waals surface area (Å²) in [5, 5.41) is 12.1. The fourth-order valence-corrected chi connectivity index (χ4v) is 1.84. The molecule has 1 fully saturated rings. The molecule has 14 heavy (non-hydrogen) atoms. The number of hydrogen-bond acceptors (Lipinski definition) is 2. The molecule has 1 aromatic rings. The van der Waals surface area contributed by atoms with Crippen molar-refractivity contribution in [3.63, 3.8) is 0 Å². The number of hydrogen-bond donors (Lipinski definition) is 2. The van der Waals surface area contributed by atoms with Gasteiger partial charge >= 0.3 is 0 Å². The van der Waals surface area contributed by atoms with Crippen LogP contribution < -0.4 is 5.32 Å². The van der Waals surface area contributed by atoms with Gasteiger partial charge in [0, 0.05) is 19.0 Å². The normalized spacial score (nSPS) is 26.6. The highest BCUT2D eigenvalue weighted by Gasteiger charge is 2.26. The summed E-state index contributed by atoms with van der Waals surface area (Å²) in [5.41, 5.74) is 1.08. The van der Waals surface area contributed by atoms with Gasteiger partial charge in [0.1, 0.15) is 11.9 Å². The van der Waals surface area contributed by atoms with Crippen molar-refractivity contribution in [3.8, 4) is 5.75 Å². The average Bonchev–Trinajstić information content (AvgIpc) is 2.56. The maximum absolute atomic E-state index is 13.2. The number of halogens is 1. The molecule has 0 saturated carbocycles. The molecule has 0 bridgehead atoms. The van der Waals surface area contributed by atoms with Crippen LogP contribution >= 0.6 is 0 Å². The Hall–Kier alpha value is -1.09.